The number of halogens is 2. The lowest BCUT2D eigenvalue weighted by Crippen LogP contribution is -2.17. The fourth-order valence-corrected chi connectivity index (χ4v) is 2.94. The minimum Gasteiger partial charge on any atom is -0.267 e. The molecule has 0 saturated heterocycles. The van der Waals surface area contributed by atoms with Gasteiger partial charge < -0.3 is 0 Å². The molecular formula is C12H8Br2N2OS. The van der Waals surface area contributed by atoms with Crippen molar-refractivity contribution in [3.63, 3.8) is 0 Å². The molecule has 92 valence electrons. The van der Waals surface area contributed by atoms with Gasteiger partial charge in [-0.25, -0.2) is 5.43 Å². The number of nitrogens with zero attached hydrogens (tertiary/aromatic N) is 1. The van der Waals surface area contributed by atoms with Crippen LogP contribution in [0, 0.1) is 0 Å². The van der Waals surface area contributed by atoms with Crippen molar-refractivity contribution in [1.82, 2.24) is 5.43 Å². The number of amides is 1. The number of benzene rings is 1. The highest BCUT2D eigenvalue weighted by molar-refractivity contribution is 9.11. The van der Waals surface area contributed by atoms with Crippen LogP contribution in [0.2, 0.25) is 0 Å². The van der Waals surface area contributed by atoms with E-state index in [4.69, 9.17) is 0 Å². The van der Waals surface area contributed by atoms with Crippen LogP contribution in [0.25, 0.3) is 0 Å². The molecule has 1 amide bonds. The van der Waals surface area contributed by atoms with Gasteiger partial charge in [0, 0.05) is 14.9 Å². The van der Waals surface area contributed by atoms with Crippen molar-refractivity contribution in [2.45, 2.75) is 0 Å². The van der Waals surface area contributed by atoms with Gasteiger partial charge in [0.25, 0.3) is 5.91 Å². The molecule has 0 unspecified atom stereocenters. The van der Waals surface area contributed by atoms with Crippen molar-refractivity contribution < 1.29 is 4.79 Å². The Labute approximate surface area is 125 Å². The maximum Gasteiger partial charge on any atom is 0.271 e. The molecule has 18 heavy (non-hydrogen) atoms. The second-order valence-corrected chi connectivity index (χ2v) is 6.76. The molecular weight excluding hydrogens is 380 g/mol. The van der Waals surface area contributed by atoms with Crippen LogP contribution in [0.15, 0.2) is 49.8 Å². The van der Waals surface area contributed by atoms with Crippen LogP contribution in [0.5, 0.6) is 0 Å². The number of nitrogens with one attached hydrogen (secondary N) is 1. The average Bonchev–Trinajstić information content (AvgIpc) is 2.75. The van der Waals surface area contributed by atoms with Crippen molar-refractivity contribution in [3.8, 4) is 0 Å². The maximum absolute atomic E-state index is 11.7. The van der Waals surface area contributed by atoms with Crippen LogP contribution in [-0.4, -0.2) is 12.1 Å². The lowest BCUT2D eigenvalue weighted by atomic mass is 10.2. The second kappa shape index (κ2) is 6.26. The van der Waals surface area contributed by atoms with Gasteiger partial charge in [-0.05, 0) is 46.3 Å². The highest BCUT2D eigenvalue weighted by Gasteiger charge is 2.03. The quantitative estimate of drug-likeness (QED) is 0.626. The molecule has 0 fully saturated rings. The monoisotopic (exact) mass is 386 g/mol. The average molecular weight is 388 g/mol. The van der Waals surface area contributed by atoms with Gasteiger partial charge in [0.15, 0.2) is 0 Å². The van der Waals surface area contributed by atoms with E-state index in [1.165, 1.54) is 0 Å². The molecule has 6 heteroatoms. The highest BCUT2D eigenvalue weighted by Crippen LogP contribution is 2.20. The molecule has 0 bridgehead atoms. The summed E-state index contributed by atoms with van der Waals surface area (Å²) in [7, 11) is 0. The number of hydrogen-bond acceptors (Lipinski definition) is 3. The van der Waals surface area contributed by atoms with Crippen molar-refractivity contribution in [1.29, 1.82) is 0 Å². The molecule has 0 atom stereocenters. The number of rotatable bonds is 3. The van der Waals surface area contributed by atoms with Crippen LogP contribution in [0.3, 0.4) is 0 Å². The summed E-state index contributed by atoms with van der Waals surface area (Å²) in [5, 5.41) is 3.91. The van der Waals surface area contributed by atoms with E-state index in [-0.39, 0.29) is 5.91 Å². The van der Waals surface area contributed by atoms with E-state index in [1.807, 2.05) is 18.2 Å². The van der Waals surface area contributed by atoms with Crippen molar-refractivity contribution in [2.24, 2.45) is 5.10 Å². The number of hydrogen-bond donors (Lipinski definition) is 1. The summed E-state index contributed by atoms with van der Waals surface area (Å²) in [4.78, 5) is 12.7. The number of carbonyl (C=O) groups is 1. The van der Waals surface area contributed by atoms with E-state index in [0.29, 0.717) is 5.56 Å². The first-order valence-electron chi connectivity index (χ1n) is 4.99. The zero-order valence-electron chi connectivity index (χ0n) is 9.06. The van der Waals surface area contributed by atoms with E-state index in [1.54, 1.807) is 35.8 Å². The Bertz CT molecular complexity index is 595. The zero-order chi connectivity index (χ0) is 13.0. The Balaban J connectivity index is 1.98. The summed E-state index contributed by atoms with van der Waals surface area (Å²) in [6, 6.07) is 11.0. The van der Waals surface area contributed by atoms with Gasteiger partial charge in [-0.15, -0.1) is 11.3 Å². The Morgan fingerprint density at radius 2 is 2.11 bits per heavy atom. The Hall–Kier alpha value is -0.980. The summed E-state index contributed by atoms with van der Waals surface area (Å²) < 4.78 is 1.89. The predicted molar refractivity (Wildman–Crippen MR) is 81.2 cm³/mol. The molecule has 0 radical (unpaired) electrons. The van der Waals surface area contributed by atoms with Gasteiger partial charge in [-0.2, -0.15) is 5.10 Å². The van der Waals surface area contributed by atoms with Crippen molar-refractivity contribution >= 4 is 55.3 Å². The summed E-state index contributed by atoms with van der Waals surface area (Å²) in [6.07, 6.45) is 1.62. The zero-order valence-corrected chi connectivity index (χ0v) is 13.0. The van der Waals surface area contributed by atoms with E-state index in [0.717, 1.165) is 13.1 Å². The predicted octanol–water partition coefficient (Wildman–Crippen LogP) is 4.04. The van der Waals surface area contributed by atoms with E-state index < -0.39 is 0 Å². The molecule has 0 spiro atoms. The third-order valence-corrected chi connectivity index (χ3v) is 4.09. The minimum atomic E-state index is -0.233. The molecule has 0 aliphatic carbocycles. The molecule has 0 aliphatic rings. The summed E-state index contributed by atoms with van der Waals surface area (Å²) in [5.74, 6) is -0.233. The topological polar surface area (TPSA) is 41.5 Å². The van der Waals surface area contributed by atoms with Gasteiger partial charge in [-0.3, -0.25) is 4.79 Å². The second-order valence-electron chi connectivity index (χ2n) is 3.35. The lowest BCUT2D eigenvalue weighted by Gasteiger charge is -1.99. The molecule has 1 heterocycles. The van der Waals surface area contributed by atoms with Gasteiger partial charge >= 0.3 is 0 Å². The summed E-state index contributed by atoms with van der Waals surface area (Å²) in [6.45, 7) is 0. The van der Waals surface area contributed by atoms with Gasteiger partial charge in [-0.1, -0.05) is 22.0 Å². The molecule has 2 aromatic rings. The summed E-state index contributed by atoms with van der Waals surface area (Å²) >= 11 is 8.22. The van der Waals surface area contributed by atoms with Crippen molar-refractivity contribution in [3.05, 3.63) is 55.1 Å². The number of hydrazone groups is 1. The third-order valence-electron chi connectivity index (χ3n) is 2.04. The molecule has 0 saturated carbocycles. The molecule has 2 rings (SSSR count). The van der Waals surface area contributed by atoms with Crippen LogP contribution in [0.1, 0.15) is 15.2 Å². The highest BCUT2D eigenvalue weighted by atomic mass is 79.9. The normalized spacial score (nSPS) is 10.8. The molecule has 1 N–H and O–H groups in total. The SMILES string of the molecule is O=C(NN=Cc1ccc(Br)s1)c1cccc(Br)c1. The minimum absolute atomic E-state index is 0.233. The Morgan fingerprint density at radius 3 is 2.78 bits per heavy atom. The first-order valence-corrected chi connectivity index (χ1v) is 7.40. The van der Waals surface area contributed by atoms with E-state index in [9.17, 15) is 4.79 Å². The van der Waals surface area contributed by atoms with Crippen LogP contribution < -0.4 is 5.43 Å². The lowest BCUT2D eigenvalue weighted by molar-refractivity contribution is 0.0955. The Kier molecular flexibility index (Phi) is 4.68. The fourth-order valence-electron chi connectivity index (χ4n) is 1.25. The fraction of sp³-hybridized carbons (Fsp3) is 0. The largest absolute Gasteiger partial charge is 0.271 e. The van der Waals surface area contributed by atoms with Crippen LogP contribution >= 0.6 is 43.2 Å². The molecule has 1 aromatic heterocycles. The van der Waals surface area contributed by atoms with Gasteiger partial charge in [0.1, 0.15) is 0 Å². The standard InChI is InChI=1S/C12H8Br2N2OS/c13-9-3-1-2-8(6-9)12(17)16-15-7-10-4-5-11(14)18-10/h1-7H,(H,16,17). The van der Waals surface area contributed by atoms with E-state index >= 15 is 0 Å². The summed E-state index contributed by atoms with van der Waals surface area (Å²) in [5.41, 5.74) is 3.05. The Morgan fingerprint density at radius 1 is 1.28 bits per heavy atom. The first-order chi connectivity index (χ1) is 8.65. The van der Waals surface area contributed by atoms with Gasteiger partial charge in [0.05, 0.1) is 10.0 Å². The number of carbonyl (C=O) groups excluding carboxylic acids is 1. The smallest absolute Gasteiger partial charge is 0.267 e. The van der Waals surface area contributed by atoms with Gasteiger partial charge in [0.2, 0.25) is 0 Å². The van der Waals surface area contributed by atoms with Crippen LogP contribution in [0.4, 0.5) is 0 Å². The molecule has 1 aromatic carbocycles. The molecule has 3 nitrogen and oxygen atoms in total. The third kappa shape index (κ3) is 3.76. The van der Waals surface area contributed by atoms with Crippen LogP contribution in [-0.2, 0) is 0 Å². The first kappa shape index (κ1) is 13.5. The number of thiophene rings is 1. The van der Waals surface area contributed by atoms with E-state index in [2.05, 4.69) is 42.4 Å². The molecule has 0 aliphatic heterocycles. The maximum atomic E-state index is 11.7. The van der Waals surface area contributed by atoms with Crippen molar-refractivity contribution in [2.75, 3.05) is 0 Å².